The van der Waals surface area contributed by atoms with Gasteiger partial charge in [-0.2, -0.15) is 0 Å². The molecule has 1 heteroatoms. The minimum Gasteiger partial charge on any atom is -0.378 e. The van der Waals surface area contributed by atoms with Crippen LogP contribution in [-0.2, 0) is 4.74 Å². The first kappa shape index (κ1) is 11.4. The summed E-state index contributed by atoms with van der Waals surface area (Å²) in [6, 6.07) is 0. The van der Waals surface area contributed by atoms with Crippen LogP contribution in [0.25, 0.3) is 0 Å². The summed E-state index contributed by atoms with van der Waals surface area (Å²) in [5, 5.41) is 0. The average molecular weight is 210 g/mol. The van der Waals surface area contributed by atoms with Crippen molar-refractivity contribution in [3.8, 4) is 0 Å². The molecular formula is C14H26O. The Hall–Kier alpha value is -0.0400. The minimum absolute atomic E-state index is 0.622. The van der Waals surface area contributed by atoms with Gasteiger partial charge in [0, 0.05) is 6.61 Å². The number of hydrogen-bond acceptors (Lipinski definition) is 1. The normalized spacial score (nSPS) is 31.6. The Labute approximate surface area is 94.6 Å². The Balaban J connectivity index is 1.80. The predicted molar refractivity (Wildman–Crippen MR) is 64.0 cm³/mol. The molecular weight excluding hydrogens is 184 g/mol. The lowest BCUT2D eigenvalue weighted by atomic mass is 9.87. The molecule has 1 heterocycles. The summed E-state index contributed by atoms with van der Waals surface area (Å²) < 4.78 is 5.95. The molecule has 0 radical (unpaired) electrons. The zero-order valence-corrected chi connectivity index (χ0v) is 10.0. The zero-order chi connectivity index (χ0) is 10.3. The fraction of sp³-hybridized carbons (Fsp3) is 1.00. The van der Waals surface area contributed by atoms with Crippen LogP contribution in [-0.4, -0.2) is 12.7 Å². The maximum Gasteiger partial charge on any atom is 0.0603 e. The van der Waals surface area contributed by atoms with Gasteiger partial charge in [0.25, 0.3) is 0 Å². The lowest BCUT2D eigenvalue weighted by molar-refractivity contribution is -0.0261. The van der Waals surface area contributed by atoms with Crippen molar-refractivity contribution >= 4 is 0 Å². The number of ether oxygens (including phenoxy) is 1. The first-order chi connectivity index (χ1) is 7.47. The minimum atomic E-state index is 0.622. The highest BCUT2D eigenvalue weighted by Gasteiger charge is 2.24. The van der Waals surface area contributed by atoms with Crippen molar-refractivity contribution in [2.45, 2.75) is 76.7 Å². The Morgan fingerprint density at radius 2 is 1.20 bits per heavy atom. The van der Waals surface area contributed by atoms with E-state index in [9.17, 15) is 0 Å². The van der Waals surface area contributed by atoms with Gasteiger partial charge >= 0.3 is 0 Å². The number of hydrogen-bond donors (Lipinski definition) is 0. The Morgan fingerprint density at radius 1 is 0.600 bits per heavy atom. The van der Waals surface area contributed by atoms with E-state index in [4.69, 9.17) is 4.74 Å². The maximum atomic E-state index is 5.95. The predicted octanol–water partition coefficient (Wildman–Crippen LogP) is 4.31. The van der Waals surface area contributed by atoms with E-state index >= 15 is 0 Å². The Bertz CT molecular complexity index is 151. The van der Waals surface area contributed by atoms with Crippen LogP contribution >= 0.6 is 0 Å². The molecule has 1 nitrogen and oxygen atoms in total. The van der Waals surface area contributed by atoms with Gasteiger partial charge in [-0.25, -0.2) is 0 Å². The van der Waals surface area contributed by atoms with E-state index in [1.165, 1.54) is 70.6 Å². The van der Waals surface area contributed by atoms with E-state index in [0.29, 0.717) is 6.10 Å². The van der Waals surface area contributed by atoms with Crippen LogP contribution in [0, 0.1) is 5.92 Å². The van der Waals surface area contributed by atoms with Gasteiger partial charge in [-0.05, 0) is 38.0 Å². The first-order valence-electron chi connectivity index (χ1n) is 7.08. The molecule has 0 aromatic heterocycles. The summed E-state index contributed by atoms with van der Waals surface area (Å²) in [4.78, 5) is 0. The third kappa shape index (κ3) is 3.79. The van der Waals surface area contributed by atoms with Crippen molar-refractivity contribution in [1.82, 2.24) is 0 Å². The topological polar surface area (TPSA) is 9.23 Å². The van der Waals surface area contributed by atoms with Gasteiger partial charge in [0.1, 0.15) is 0 Å². The highest BCUT2D eigenvalue weighted by Crippen LogP contribution is 2.30. The van der Waals surface area contributed by atoms with E-state index in [0.717, 1.165) is 12.5 Å². The molecule has 0 aromatic rings. The van der Waals surface area contributed by atoms with Crippen molar-refractivity contribution in [2.24, 2.45) is 5.92 Å². The average Bonchev–Trinajstić information content (AvgIpc) is 2.43. The fourth-order valence-electron chi connectivity index (χ4n) is 3.17. The molecule has 1 atom stereocenters. The van der Waals surface area contributed by atoms with Gasteiger partial charge in [-0.3, -0.25) is 0 Å². The molecule has 0 aromatic carbocycles. The lowest BCUT2D eigenvalue weighted by Gasteiger charge is -2.30. The van der Waals surface area contributed by atoms with Crippen LogP contribution in [0.3, 0.4) is 0 Å². The number of rotatable bonds is 1. The summed E-state index contributed by atoms with van der Waals surface area (Å²) in [7, 11) is 0. The zero-order valence-electron chi connectivity index (χ0n) is 10.0. The van der Waals surface area contributed by atoms with Crippen molar-refractivity contribution in [3.05, 3.63) is 0 Å². The van der Waals surface area contributed by atoms with Gasteiger partial charge < -0.3 is 4.74 Å². The van der Waals surface area contributed by atoms with Crippen molar-refractivity contribution in [1.29, 1.82) is 0 Å². The molecule has 0 N–H and O–H groups in total. The van der Waals surface area contributed by atoms with Gasteiger partial charge in [-0.1, -0.05) is 38.5 Å². The van der Waals surface area contributed by atoms with Gasteiger partial charge in [0.15, 0.2) is 0 Å². The van der Waals surface area contributed by atoms with Crippen LogP contribution in [0.15, 0.2) is 0 Å². The van der Waals surface area contributed by atoms with Crippen molar-refractivity contribution < 1.29 is 4.74 Å². The van der Waals surface area contributed by atoms with E-state index in [-0.39, 0.29) is 0 Å². The molecule has 15 heavy (non-hydrogen) atoms. The second kappa shape index (κ2) is 6.52. The van der Waals surface area contributed by atoms with E-state index in [1.807, 2.05) is 0 Å². The second-order valence-corrected chi connectivity index (χ2v) is 5.36. The summed E-state index contributed by atoms with van der Waals surface area (Å²) >= 11 is 0. The molecule has 1 saturated carbocycles. The highest BCUT2D eigenvalue weighted by molar-refractivity contribution is 4.74. The summed E-state index contributed by atoms with van der Waals surface area (Å²) in [6.07, 6.45) is 16.3. The van der Waals surface area contributed by atoms with Crippen LogP contribution in [0.4, 0.5) is 0 Å². The van der Waals surface area contributed by atoms with Gasteiger partial charge in [-0.15, -0.1) is 0 Å². The van der Waals surface area contributed by atoms with E-state index in [2.05, 4.69) is 0 Å². The third-order valence-corrected chi connectivity index (χ3v) is 4.14. The fourth-order valence-corrected chi connectivity index (χ4v) is 3.17. The molecule has 1 unspecified atom stereocenters. The van der Waals surface area contributed by atoms with Gasteiger partial charge in [0.05, 0.1) is 6.10 Å². The van der Waals surface area contributed by atoms with E-state index < -0.39 is 0 Å². The molecule has 1 aliphatic heterocycles. The monoisotopic (exact) mass is 210 g/mol. The lowest BCUT2D eigenvalue weighted by Crippen LogP contribution is -2.28. The molecule has 0 spiro atoms. The van der Waals surface area contributed by atoms with Crippen LogP contribution in [0.5, 0.6) is 0 Å². The summed E-state index contributed by atoms with van der Waals surface area (Å²) in [5.74, 6) is 0.892. The van der Waals surface area contributed by atoms with Crippen LogP contribution in [0.1, 0.15) is 70.6 Å². The molecule has 2 rings (SSSR count). The molecule has 0 bridgehead atoms. The largest absolute Gasteiger partial charge is 0.378 e. The SMILES string of the molecule is C1CCCCC(C2CCCCO2)CCC1. The highest BCUT2D eigenvalue weighted by atomic mass is 16.5. The molecule has 0 amide bonds. The van der Waals surface area contributed by atoms with Crippen LogP contribution in [0.2, 0.25) is 0 Å². The molecule has 2 aliphatic rings. The standard InChI is InChI=1S/C14H26O/c1-2-4-6-10-13(9-5-3-1)14-11-7-8-12-15-14/h13-14H,1-12H2. The molecule has 2 fully saturated rings. The van der Waals surface area contributed by atoms with Crippen LogP contribution < -0.4 is 0 Å². The summed E-state index contributed by atoms with van der Waals surface area (Å²) in [5.41, 5.74) is 0. The molecule has 88 valence electrons. The second-order valence-electron chi connectivity index (χ2n) is 5.36. The Morgan fingerprint density at radius 3 is 1.80 bits per heavy atom. The van der Waals surface area contributed by atoms with Crippen molar-refractivity contribution in [3.63, 3.8) is 0 Å². The quantitative estimate of drug-likeness (QED) is 0.627. The third-order valence-electron chi connectivity index (χ3n) is 4.14. The Kier molecular flexibility index (Phi) is 4.98. The molecule has 1 saturated heterocycles. The van der Waals surface area contributed by atoms with E-state index in [1.54, 1.807) is 0 Å². The van der Waals surface area contributed by atoms with Gasteiger partial charge in [0.2, 0.25) is 0 Å². The maximum absolute atomic E-state index is 5.95. The first-order valence-corrected chi connectivity index (χ1v) is 7.08. The summed E-state index contributed by atoms with van der Waals surface area (Å²) in [6.45, 7) is 1.03. The smallest absolute Gasteiger partial charge is 0.0603 e. The van der Waals surface area contributed by atoms with Crippen molar-refractivity contribution in [2.75, 3.05) is 6.61 Å². The molecule has 1 aliphatic carbocycles.